The van der Waals surface area contributed by atoms with Crippen molar-refractivity contribution in [2.75, 3.05) is 85.4 Å². The number of hydrogen-bond acceptors (Lipinski definition) is 8. The fourth-order valence-corrected chi connectivity index (χ4v) is 3.36. The summed E-state index contributed by atoms with van der Waals surface area (Å²) in [7, 11) is 0. The summed E-state index contributed by atoms with van der Waals surface area (Å²) in [6.07, 6.45) is 2.09. The van der Waals surface area contributed by atoms with Crippen LogP contribution in [-0.4, -0.2) is 127 Å². The molecule has 0 atom stereocenters. The molecule has 0 bridgehead atoms. The average molecular weight is 419 g/mol. The molecule has 1 aliphatic rings. The van der Waals surface area contributed by atoms with E-state index in [1.165, 1.54) is 0 Å². The van der Waals surface area contributed by atoms with Gasteiger partial charge in [0.15, 0.2) is 0 Å². The van der Waals surface area contributed by atoms with Crippen LogP contribution in [-0.2, 0) is 14.3 Å². The van der Waals surface area contributed by atoms with Crippen LogP contribution < -0.4 is 5.32 Å². The van der Waals surface area contributed by atoms with E-state index >= 15 is 0 Å². The van der Waals surface area contributed by atoms with E-state index in [0.29, 0.717) is 19.7 Å². The molecule has 4 N–H and O–H groups in total. The van der Waals surface area contributed by atoms with Gasteiger partial charge in [-0.05, 0) is 39.0 Å². The van der Waals surface area contributed by atoms with E-state index in [0.717, 1.165) is 71.7 Å². The van der Waals surface area contributed by atoms with Crippen LogP contribution in [0.15, 0.2) is 0 Å². The third-order valence-corrected chi connectivity index (χ3v) is 5.04. The topological polar surface area (TPSA) is 126 Å². The van der Waals surface area contributed by atoms with E-state index in [1.807, 2.05) is 0 Å². The molecule has 0 unspecified atom stereocenters. The molecule has 0 saturated carbocycles. The lowest BCUT2D eigenvalue weighted by molar-refractivity contribution is -0.138. The lowest BCUT2D eigenvalue weighted by Gasteiger charge is -2.29. The summed E-state index contributed by atoms with van der Waals surface area (Å²) in [5.74, 6) is -1.59. The van der Waals surface area contributed by atoms with Gasteiger partial charge < -0.3 is 35.2 Å². The highest BCUT2D eigenvalue weighted by molar-refractivity contribution is 5.67. The summed E-state index contributed by atoms with van der Waals surface area (Å²) in [5, 5.41) is 30.2. The van der Waals surface area contributed by atoms with E-state index < -0.39 is 11.9 Å². The Morgan fingerprint density at radius 3 is 1.90 bits per heavy atom. The van der Waals surface area contributed by atoms with Gasteiger partial charge in [0.1, 0.15) is 6.79 Å². The molecular weight excluding hydrogens is 380 g/mol. The zero-order valence-corrected chi connectivity index (χ0v) is 17.4. The van der Waals surface area contributed by atoms with E-state index in [2.05, 4.69) is 20.0 Å². The van der Waals surface area contributed by atoms with Gasteiger partial charge in [0.05, 0.1) is 19.4 Å². The smallest absolute Gasteiger partial charge is 0.304 e. The van der Waals surface area contributed by atoms with Crippen LogP contribution in [0.4, 0.5) is 0 Å². The SMILES string of the molecule is O=C(O)CCN1CCCN(CCC(=O)O)CCN(CCOCO)CCCNCC1. The molecular formula is C19H38N4O6. The maximum absolute atomic E-state index is 11.0. The van der Waals surface area contributed by atoms with Crippen molar-refractivity contribution >= 4 is 11.9 Å². The van der Waals surface area contributed by atoms with Crippen LogP contribution in [0.2, 0.25) is 0 Å². The third kappa shape index (κ3) is 14.3. The van der Waals surface area contributed by atoms with Gasteiger partial charge in [0, 0.05) is 45.8 Å². The van der Waals surface area contributed by atoms with Crippen LogP contribution in [0.3, 0.4) is 0 Å². The number of nitrogens with zero attached hydrogens (tertiary/aromatic N) is 3. The van der Waals surface area contributed by atoms with Crippen LogP contribution in [0.25, 0.3) is 0 Å². The minimum absolute atomic E-state index is 0.111. The Balaban J connectivity index is 2.62. The second kappa shape index (κ2) is 16.5. The van der Waals surface area contributed by atoms with Gasteiger partial charge in [-0.2, -0.15) is 0 Å². The van der Waals surface area contributed by atoms with Crippen LogP contribution in [0.5, 0.6) is 0 Å². The molecule has 0 aliphatic carbocycles. The van der Waals surface area contributed by atoms with Crippen molar-refractivity contribution in [3.63, 3.8) is 0 Å². The molecule has 0 spiro atoms. The standard InChI is InChI=1S/C19H38N4O6/c24-17-29-16-15-23-7-1-5-20-6-12-21(10-3-18(25)26)8-2-9-22(13-14-23)11-4-19(27)28/h20,24H,1-17H2,(H,25,26)(H,27,28). The van der Waals surface area contributed by atoms with Crippen molar-refractivity contribution < 1.29 is 29.6 Å². The number of aliphatic hydroxyl groups excluding tert-OH is 1. The largest absolute Gasteiger partial charge is 0.481 e. The highest BCUT2D eigenvalue weighted by atomic mass is 16.6. The first-order chi connectivity index (χ1) is 14.0. The van der Waals surface area contributed by atoms with Crippen LogP contribution in [0.1, 0.15) is 25.7 Å². The molecule has 10 nitrogen and oxygen atoms in total. The zero-order chi connectivity index (χ0) is 21.3. The summed E-state index contributed by atoms with van der Waals surface area (Å²) in [5.41, 5.74) is 0. The Morgan fingerprint density at radius 1 is 0.759 bits per heavy atom. The predicted molar refractivity (Wildman–Crippen MR) is 109 cm³/mol. The van der Waals surface area contributed by atoms with E-state index in [-0.39, 0.29) is 19.6 Å². The Labute approximate surface area is 173 Å². The molecule has 0 aromatic heterocycles. The van der Waals surface area contributed by atoms with Gasteiger partial charge in [0.2, 0.25) is 0 Å². The summed E-state index contributed by atoms with van der Waals surface area (Å²) < 4.78 is 5.06. The number of aliphatic carboxylic acids is 2. The van der Waals surface area contributed by atoms with Crippen LogP contribution >= 0.6 is 0 Å². The average Bonchev–Trinajstić information content (AvgIpc) is 2.68. The maximum atomic E-state index is 11.0. The first-order valence-corrected chi connectivity index (χ1v) is 10.5. The molecule has 1 saturated heterocycles. The summed E-state index contributed by atoms with van der Waals surface area (Å²) in [4.78, 5) is 28.5. The summed E-state index contributed by atoms with van der Waals surface area (Å²) >= 11 is 0. The monoisotopic (exact) mass is 418 g/mol. The number of ether oxygens (including phenoxy) is 1. The minimum Gasteiger partial charge on any atom is -0.481 e. The third-order valence-electron chi connectivity index (χ3n) is 5.04. The number of carbonyl (C=O) groups is 2. The lowest BCUT2D eigenvalue weighted by Crippen LogP contribution is -2.41. The molecule has 0 aromatic carbocycles. The summed E-state index contributed by atoms with van der Waals surface area (Å²) in [6.45, 7) is 8.53. The zero-order valence-electron chi connectivity index (χ0n) is 17.4. The fraction of sp³-hybridized carbons (Fsp3) is 0.895. The molecule has 1 aliphatic heterocycles. The second-order valence-electron chi connectivity index (χ2n) is 7.31. The molecule has 29 heavy (non-hydrogen) atoms. The van der Waals surface area contributed by atoms with E-state index in [9.17, 15) is 9.59 Å². The molecule has 170 valence electrons. The Morgan fingerprint density at radius 2 is 1.31 bits per heavy atom. The van der Waals surface area contributed by atoms with Crippen molar-refractivity contribution in [3.8, 4) is 0 Å². The van der Waals surface area contributed by atoms with Crippen molar-refractivity contribution in [2.45, 2.75) is 25.7 Å². The van der Waals surface area contributed by atoms with E-state index in [1.54, 1.807) is 0 Å². The predicted octanol–water partition coefficient (Wildman–Crippen LogP) is -0.808. The highest BCUT2D eigenvalue weighted by Gasteiger charge is 2.13. The highest BCUT2D eigenvalue weighted by Crippen LogP contribution is 2.02. The first kappa shape index (κ1) is 25.7. The Bertz CT molecular complexity index is 454. The van der Waals surface area contributed by atoms with Gasteiger partial charge in [-0.3, -0.25) is 14.5 Å². The Hall–Kier alpha value is -1.30. The minimum atomic E-state index is -0.799. The normalized spacial score (nSPS) is 19.6. The molecule has 1 fully saturated rings. The molecule has 0 aromatic rings. The Kier molecular flexibility index (Phi) is 14.6. The van der Waals surface area contributed by atoms with Gasteiger partial charge in [-0.1, -0.05) is 0 Å². The van der Waals surface area contributed by atoms with Crippen molar-refractivity contribution in [2.24, 2.45) is 0 Å². The molecule has 0 amide bonds. The number of carboxylic acid groups (broad SMARTS) is 2. The van der Waals surface area contributed by atoms with Crippen molar-refractivity contribution in [1.29, 1.82) is 0 Å². The number of nitrogens with one attached hydrogen (secondary N) is 1. The van der Waals surface area contributed by atoms with Crippen molar-refractivity contribution in [3.05, 3.63) is 0 Å². The van der Waals surface area contributed by atoms with Crippen molar-refractivity contribution in [1.82, 2.24) is 20.0 Å². The summed E-state index contributed by atoms with van der Waals surface area (Å²) in [6, 6.07) is 0. The number of aliphatic hydroxyl groups is 1. The molecule has 0 radical (unpaired) electrons. The number of rotatable bonds is 10. The van der Waals surface area contributed by atoms with Gasteiger partial charge in [0.25, 0.3) is 0 Å². The van der Waals surface area contributed by atoms with Crippen LogP contribution in [0, 0.1) is 0 Å². The maximum Gasteiger partial charge on any atom is 0.304 e. The fourth-order valence-electron chi connectivity index (χ4n) is 3.36. The quantitative estimate of drug-likeness (QED) is 0.264. The van der Waals surface area contributed by atoms with Gasteiger partial charge in [-0.25, -0.2) is 0 Å². The molecule has 10 heteroatoms. The van der Waals surface area contributed by atoms with E-state index in [4.69, 9.17) is 20.1 Å². The molecule has 1 heterocycles. The first-order valence-electron chi connectivity index (χ1n) is 10.5. The molecule has 1 rings (SSSR count). The van der Waals surface area contributed by atoms with Gasteiger partial charge in [-0.15, -0.1) is 0 Å². The number of hydrogen-bond donors (Lipinski definition) is 4. The number of carboxylic acids is 2. The lowest BCUT2D eigenvalue weighted by atomic mass is 10.2. The second-order valence-corrected chi connectivity index (χ2v) is 7.31. The van der Waals surface area contributed by atoms with Gasteiger partial charge >= 0.3 is 11.9 Å².